The summed E-state index contributed by atoms with van der Waals surface area (Å²) in [5, 5.41) is 2.87. The first-order valence-corrected chi connectivity index (χ1v) is 7.39. The number of fused-ring (bicyclic) bond motifs is 1. The Labute approximate surface area is 129 Å². The van der Waals surface area contributed by atoms with Gasteiger partial charge in [0.1, 0.15) is 12.4 Å². The number of pyridine rings is 1. The summed E-state index contributed by atoms with van der Waals surface area (Å²) in [7, 11) is 2.05. The van der Waals surface area contributed by atoms with Gasteiger partial charge in [0.2, 0.25) is 0 Å². The zero-order valence-electron chi connectivity index (χ0n) is 12.6. The molecule has 0 fully saturated rings. The van der Waals surface area contributed by atoms with Crippen LogP contribution in [0.3, 0.4) is 0 Å². The molecular weight excluding hydrogens is 278 g/mol. The largest absolute Gasteiger partial charge is 0.490 e. The van der Waals surface area contributed by atoms with Crippen molar-refractivity contribution in [3.05, 3.63) is 53.9 Å². The molecule has 0 bridgehead atoms. The standard InChI is InChI=1S/C17H19N3O2/c1-20-9-6-13-4-5-14(11-16(13)20)17(21)19-8-10-22-15-3-2-7-18-12-15/h2-5,7,11-12H,6,8-10H2,1H3,(H,19,21). The van der Waals surface area contributed by atoms with Gasteiger partial charge in [-0.25, -0.2) is 0 Å². The molecule has 5 heteroatoms. The molecule has 1 N–H and O–H groups in total. The predicted molar refractivity (Wildman–Crippen MR) is 85.5 cm³/mol. The van der Waals surface area contributed by atoms with Gasteiger partial charge in [-0.1, -0.05) is 6.07 Å². The molecule has 1 aliphatic rings. The molecule has 0 aliphatic carbocycles. The second-order valence-corrected chi connectivity index (χ2v) is 5.31. The highest BCUT2D eigenvalue weighted by atomic mass is 16.5. The van der Waals surface area contributed by atoms with Gasteiger partial charge in [-0.15, -0.1) is 0 Å². The van der Waals surface area contributed by atoms with Crippen LogP contribution in [-0.2, 0) is 6.42 Å². The van der Waals surface area contributed by atoms with Crippen molar-refractivity contribution in [1.82, 2.24) is 10.3 Å². The second-order valence-electron chi connectivity index (χ2n) is 5.31. The molecule has 0 unspecified atom stereocenters. The Morgan fingerprint density at radius 2 is 2.32 bits per heavy atom. The average molecular weight is 297 g/mol. The van der Waals surface area contributed by atoms with E-state index in [1.54, 1.807) is 12.4 Å². The zero-order valence-corrected chi connectivity index (χ0v) is 12.6. The molecule has 0 saturated carbocycles. The number of benzene rings is 1. The van der Waals surface area contributed by atoms with Crippen molar-refractivity contribution in [3.8, 4) is 5.75 Å². The Kier molecular flexibility index (Phi) is 4.23. The van der Waals surface area contributed by atoms with E-state index < -0.39 is 0 Å². The Morgan fingerprint density at radius 3 is 3.14 bits per heavy atom. The maximum Gasteiger partial charge on any atom is 0.251 e. The predicted octanol–water partition coefficient (Wildman–Crippen LogP) is 1.88. The Hall–Kier alpha value is -2.56. The van der Waals surface area contributed by atoms with E-state index in [1.165, 1.54) is 5.56 Å². The second kappa shape index (κ2) is 6.47. The molecule has 0 atom stereocenters. The third-order valence-electron chi connectivity index (χ3n) is 3.77. The van der Waals surface area contributed by atoms with E-state index in [2.05, 4.69) is 22.2 Å². The first-order valence-electron chi connectivity index (χ1n) is 7.39. The number of anilines is 1. The van der Waals surface area contributed by atoms with Gasteiger partial charge in [0.15, 0.2) is 0 Å². The molecule has 2 heterocycles. The first-order chi connectivity index (χ1) is 10.7. The summed E-state index contributed by atoms with van der Waals surface area (Å²) >= 11 is 0. The number of rotatable bonds is 5. The topological polar surface area (TPSA) is 54.5 Å². The fourth-order valence-electron chi connectivity index (χ4n) is 2.55. The molecule has 2 aromatic rings. The minimum Gasteiger partial charge on any atom is -0.490 e. The number of aromatic nitrogens is 1. The van der Waals surface area contributed by atoms with Gasteiger partial charge < -0.3 is 15.0 Å². The summed E-state index contributed by atoms with van der Waals surface area (Å²) in [6.45, 7) is 1.89. The van der Waals surface area contributed by atoms with Gasteiger partial charge in [0, 0.05) is 31.0 Å². The third kappa shape index (κ3) is 3.19. The molecule has 0 spiro atoms. The summed E-state index contributed by atoms with van der Waals surface area (Å²) in [5.41, 5.74) is 3.15. The zero-order chi connectivity index (χ0) is 15.4. The number of nitrogens with zero attached hydrogens (tertiary/aromatic N) is 2. The Morgan fingerprint density at radius 1 is 1.41 bits per heavy atom. The van der Waals surface area contributed by atoms with Crippen LogP contribution in [0.4, 0.5) is 5.69 Å². The van der Waals surface area contributed by atoms with Crippen LogP contribution < -0.4 is 15.0 Å². The van der Waals surface area contributed by atoms with E-state index in [4.69, 9.17) is 4.74 Å². The highest BCUT2D eigenvalue weighted by molar-refractivity contribution is 5.95. The molecule has 1 amide bonds. The van der Waals surface area contributed by atoms with Crippen molar-refractivity contribution in [3.63, 3.8) is 0 Å². The Bertz CT molecular complexity index is 658. The van der Waals surface area contributed by atoms with Gasteiger partial charge in [-0.2, -0.15) is 0 Å². The average Bonchev–Trinajstić information content (AvgIpc) is 2.93. The normalized spacial score (nSPS) is 12.9. The lowest BCUT2D eigenvalue weighted by Gasteiger charge is -2.13. The lowest BCUT2D eigenvalue weighted by Crippen LogP contribution is -2.28. The van der Waals surface area contributed by atoms with E-state index in [-0.39, 0.29) is 5.91 Å². The van der Waals surface area contributed by atoms with Crippen LogP contribution in [0.1, 0.15) is 15.9 Å². The van der Waals surface area contributed by atoms with Gasteiger partial charge in [0.25, 0.3) is 5.91 Å². The van der Waals surface area contributed by atoms with Crippen LogP contribution in [0.15, 0.2) is 42.7 Å². The van der Waals surface area contributed by atoms with Crippen molar-refractivity contribution in [2.45, 2.75) is 6.42 Å². The quantitative estimate of drug-likeness (QED) is 0.856. The maximum atomic E-state index is 12.2. The molecule has 0 saturated heterocycles. The molecular formula is C17H19N3O2. The fraction of sp³-hybridized carbons (Fsp3) is 0.294. The van der Waals surface area contributed by atoms with Gasteiger partial charge >= 0.3 is 0 Å². The molecule has 5 nitrogen and oxygen atoms in total. The number of amides is 1. The highest BCUT2D eigenvalue weighted by Crippen LogP contribution is 2.27. The van der Waals surface area contributed by atoms with Crippen LogP contribution in [0, 0.1) is 0 Å². The third-order valence-corrected chi connectivity index (χ3v) is 3.77. The van der Waals surface area contributed by atoms with Crippen LogP contribution in [0.2, 0.25) is 0 Å². The van der Waals surface area contributed by atoms with Crippen molar-refractivity contribution >= 4 is 11.6 Å². The lowest BCUT2D eigenvalue weighted by atomic mass is 10.1. The minimum absolute atomic E-state index is 0.0714. The van der Waals surface area contributed by atoms with Crippen LogP contribution in [0.25, 0.3) is 0 Å². The summed E-state index contributed by atoms with van der Waals surface area (Å²) in [4.78, 5) is 18.3. The van der Waals surface area contributed by atoms with Crippen LogP contribution in [-0.4, -0.2) is 37.6 Å². The smallest absolute Gasteiger partial charge is 0.251 e. The fourth-order valence-corrected chi connectivity index (χ4v) is 2.55. The maximum absolute atomic E-state index is 12.2. The van der Waals surface area contributed by atoms with Crippen LogP contribution >= 0.6 is 0 Å². The van der Waals surface area contributed by atoms with Gasteiger partial charge in [-0.05, 0) is 36.2 Å². The number of hydrogen-bond donors (Lipinski definition) is 1. The molecule has 1 aromatic carbocycles. The molecule has 0 radical (unpaired) electrons. The summed E-state index contributed by atoms with van der Waals surface area (Å²) in [5.74, 6) is 0.633. The number of carbonyl (C=O) groups is 1. The Balaban J connectivity index is 1.51. The van der Waals surface area contributed by atoms with E-state index in [9.17, 15) is 4.79 Å². The van der Waals surface area contributed by atoms with E-state index in [0.717, 1.165) is 18.7 Å². The molecule has 114 valence electrons. The summed E-state index contributed by atoms with van der Waals surface area (Å²) < 4.78 is 5.50. The summed E-state index contributed by atoms with van der Waals surface area (Å²) in [6, 6.07) is 9.54. The molecule has 1 aromatic heterocycles. The highest BCUT2D eigenvalue weighted by Gasteiger charge is 2.17. The number of nitrogens with one attached hydrogen (secondary N) is 1. The number of ether oxygens (including phenoxy) is 1. The number of likely N-dealkylation sites (N-methyl/N-ethyl adjacent to an activating group) is 1. The van der Waals surface area contributed by atoms with E-state index in [1.807, 2.05) is 30.3 Å². The van der Waals surface area contributed by atoms with Crippen molar-refractivity contribution in [1.29, 1.82) is 0 Å². The van der Waals surface area contributed by atoms with Crippen molar-refractivity contribution in [2.24, 2.45) is 0 Å². The van der Waals surface area contributed by atoms with Gasteiger partial charge in [-0.3, -0.25) is 9.78 Å². The minimum atomic E-state index is -0.0714. The molecule has 1 aliphatic heterocycles. The molecule has 3 rings (SSSR count). The molecule has 22 heavy (non-hydrogen) atoms. The van der Waals surface area contributed by atoms with Crippen molar-refractivity contribution in [2.75, 3.05) is 31.6 Å². The summed E-state index contributed by atoms with van der Waals surface area (Å²) in [6.07, 6.45) is 4.39. The first kappa shape index (κ1) is 14.4. The number of carbonyl (C=O) groups excluding carboxylic acids is 1. The monoisotopic (exact) mass is 297 g/mol. The van der Waals surface area contributed by atoms with Gasteiger partial charge in [0.05, 0.1) is 12.7 Å². The SMILES string of the molecule is CN1CCc2ccc(C(=O)NCCOc3cccnc3)cc21. The lowest BCUT2D eigenvalue weighted by molar-refractivity contribution is 0.0947. The van der Waals surface area contributed by atoms with E-state index in [0.29, 0.717) is 24.5 Å². The van der Waals surface area contributed by atoms with E-state index >= 15 is 0 Å². The van der Waals surface area contributed by atoms with Crippen LogP contribution in [0.5, 0.6) is 5.75 Å². The number of hydrogen-bond acceptors (Lipinski definition) is 4. The van der Waals surface area contributed by atoms with Crippen molar-refractivity contribution < 1.29 is 9.53 Å².